The highest BCUT2D eigenvalue weighted by molar-refractivity contribution is 5.16. The molecule has 2 nitrogen and oxygen atoms in total. The number of hydrogen-bond acceptors (Lipinski definition) is 2. The maximum Gasteiger partial charge on any atom is 0.0584 e. The van der Waals surface area contributed by atoms with Crippen LogP contribution in [0.4, 0.5) is 0 Å². The zero-order chi connectivity index (χ0) is 10.5. The van der Waals surface area contributed by atoms with Gasteiger partial charge >= 0.3 is 0 Å². The predicted octanol–water partition coefficient (Wildman–Crippen LogP) is 1.73. The number of hydrogen-bond donors (Lipinski definition) is 2. The number of piperidine rings is 1. The van der Waals surface area contributed by atoms with Crippen LogP contribution >= 0.6 is 0 Å². The molecule has 0 aliphatic carbocycles. The van der Waals surface area contributed by atoms with E-state index >= 15 is 0 Å². The first-order valence-electron chi connectivity index (χ1n) is 5.79. The van der Waals surface area contributed by atoms with Crippen molar-refractivity contribution >= 4 is 0 Å². The van der Waals surface area contributed by atoms with Crippen LogP contribution in [-0.4, -0.2) is 23.8 Å². The molecule has 1 heterocycles. The fourth-order valence-electron chi connectivity index (χ4n) is 2.31. The number of rotatable bonds is 3. The summed E-state index contributed by atoms with van der Waals surface area (Å²) in [6, 6.07) is 11.4. The molecular formula is C13H19NO. The van der Waals surface area contributed by atoms with Crippen molar-refractivity contribution in [3.8, 4) is 0 Å². The van der Waals surface area contributed by atoms with Crippen LogP contribution in [0.25, 0.3) is 0 Å². The van der Waals surface area contributed by atoms with Crippen molar-refractivity contribution in [2.45, 2.75) is 37.8 Å². The molecule has 0 spiro atoms. The summed E-state index contributed by atoms with van der Waals surface area (Å²) in [5.74, 6) is 0. The Hall–Kier alpha value is -0.860. The summed E-state index contributed by atoms with van der Waals surface area (Å²) >= 11 is 0. The quantitative estimate of drug-likeness (QED) is 0.787. The average molecular weight is 205 g/mol. The first-order valence-corrected chi connectivity index (χ1v) is 5.79. The highest BCUT2D eigenvalue weighted by Gasteiger charge is 2.19. The van der Waals surface area contributed by atoms with Crippen LogP contribution in [-0.2, 0) is 6.42 Å². The molecule has 1 aromatic rings. The van der Waals surface area contributed by atoms with E-state index in [9.17, 15) is 0 Å². The molecule has 2 N–H and O–H groups in total. The van der Waals surface area contributed by atoms with E-state index in [1.807, 2.05) is 6.07 Å². The fourth-order valence-corrected chi connectivity index (χ4v) is 2.31. The molecule has 0 saturated carbocycles. The lowest BCUT2D eigenvalue weighted by molar-refractivity contribution is 0.197. The van der Waals surface area contributed by atoms with E-state index in [0.29, 0.717) is 12.1 Å². The molecule has 1 fully saturated rings. The second kappa shape index (κ2) is 5.29. The van der Waals surface area contributed by atoms with Crippen LogP contribution < -0.4 is 5.32 Å². The first-order chi connectivity index (χ1) is 7.38. The Morgan fingerprint density at radius 1 is 1.13 bits per heavy atom. The molecule has 2 heteroatoms. The van der Waals surface area contributed by atoms with Gasteiger partial charge in [0.15, 0.2) is 0 Å². The minimum absolute atomic E-state index is 0.269. The second-order valence-electron chi connectivity index (χ2n) is 4.36. The Kier molecular flexibility index (Phi) is 3.75. The number of nitrogens with one attached hydrogen (secondary N) is 1. The number of benzene rings is 1. The molecule has 2 rings (SSSR count). The van der Waals surface area contributed by atoms with E-state index in [-0.39, 0.29) is 6.61 Å². The highest BCUT2D eigenvalue weighted by atomic mass is 16.3. The van der Waals surface area contributed by atoms with E-state index in [1.54, 1.807) is 0 Å². The van der Waals surface area contributed by atoms with Crippen molar-refractivity contribution in [1.82, 2.24) is 5.32 Å². The molecule has 1 aliphatic rings. The van der Waals surface area contributed by atoms with Gasteiger partial charge in [-0.15, -0.1) is 0 Å². The SMILES string of the molecule is OCC1CCCC(Cc2ccccc2)N1. The van der Waals surface area contributed by atoms with Gasteiger partial charge in [-0.1, -0.05) is 36.8 Å². The molecular weight excluding hydrogens is 186 g/mol. The van der Waals surface area contributed by atoms with Gasteiger partial charge in [-0.25, -0.2) is 0 Å². The van der Waals surface area contributed by atoms with E-state index in [4.69, 9.17) is 5.11 Å². The molecule has 0 amide bonds. The largest absolute Gasteiger partial charge is 0.395 e. The van der Waals surface area contributed by atoms with E-state index in [1.165, 1.54) is 18.4 Å². The molecule has 1 aromatic carbocycles. The normalized spacial score (nSPS) is 26.5. The van der Waals surface area contributed by atoms with Gasteiger partial charge in [0.2, 0.25) is 0 Å². The lowest BCUT2D eigenvalue weighted by Gasteiger charge is -2.30. The maximum absolute atomic E-state index is 9.11. The molecule has 0 aromatic heterocycles. The van der Waals surface area contributed by atoms with Gasteiger partial charge in [0, 0.05) is 12.1 Å². The molecule has 0 bridgehead atoms. The summed E-state index contributed by atoms with van der Waals surface area (Å²) in [7, 11) is 0. The minimum Gasteiger partial charge on any atom is -0.395 e. The zero-order valence-electron chi connectivity index (χ0n) is 9.02. The van der Waals surface area contributed by atoms with Gasteiger partial charge < -0.3 is 10.4 Å². The smallest absolute Gasteiger partial charge is 0.0584 e. The Morgan fingerprint density at radius 2 is 1.87 bits per heavy atom. The molecule has 15 heavy (non-hydrogen) atoms. The molecule has 2 unspecified atom stereocenters. The van der Waals surface area contributed by atoms with Crippen LogP contribution in [0, 0.1) is 0 Å². The van der Waals surface area contributed by atoms with Crippen LogP contribution in [0.15, 0.2) is 30.3 Å². The summed E-state index contributed by atoms with van der Waals surface area (Å²) in [5.41, 5.74) is 1.38. The van der Waals surface area contributed by atoms with Gasteiger partial charge in [0.25, 0.3) is 0 Å². The number of aliphatic hydroxyl groups is 1. The van der Waals surface area contributed by atoms with Crippen molar-refractivity contribution in [2.75, 3.05) is 6.61 Å². The van der Waals surface area contributed by atoms with Crippen molar-refractivity contribution < 1.29 is 5.11 Å². The molecule has 2 atom stereocenters. The monoisotopic (exact) mass is 205 g/mol. The molecule has 1 aliphatic heterocycles. The summed E-state index contributed by atoms with van der Waals surface area (Å²) in [6.45, 7) is 0.269. The minimum atomic E-state index is 0.269. The van der Waals surface area contributed by atoms with Crippen molar-refractivity contribution in [1.29, 1.82) is 0 Å². The Bertz CT molecular complexity index is 286. The van der Waals surface area contributed by atoms with E-state index in [0.717, 1.165) is 12.8 Å². The average Bonchev–Trinajstić information content (AvgIpc) is 2.31. The predicted molar refractivity (Wildman–Crippen MR) is 61.8 cm³/mol. The van der Waals surface area contributed by atoms with Crippen molar-refractivity contribution in [3.05, 3.63) is 35.9 Å². The third-order valence-corrected chi connectivity index (χ3v) is 3.12. The van der Waals surface area contributed by atoms with Crippen molar-refractivity contribution in [2.24, 2.45) is 0 Å². The molecule has 1 saturated heterocycles. The lowest BCUT2D eigenvalue weighted by Crippen LogP contribution is -2.45. The lowest BCUT2D eigenvalue weighted by atomic mass is 9.94. The van der Waals surface area contributed by atoms with Crippen LogP contribution in [0.2, 0.25) is 0 Å². The van der Waals surface area contributed by atoms with Gasteiger partial charge in [0.05, 0.1) is 6.61 Å². The Morgan fingerprint density at radius 3 is 2.60 bits per heavy atom. The third-order valence-electron chi connectivity index (χ3n) is 3.12. The first kappa shape index (κ1) is 10.7. The summed E-state index contributed by atoms with van der Waals surface area (Å²) in [6.07, 6.45) is 4.65. The van der Waals surface area contributed by atoms with E-state index < -0.39 is 0 Å². The summed E-state index contributed by atoms with van der Waals surface area (Å²) < 4.78 is 0. The van der Waals surface area contributed by atoms with Crippen molar-refractivity contribution in [3.63, 3.8) is 0 Å². The molecule has 0 radical (unpaired) electrons. The summed E-state index contributed by atoms with van der Waals surface area (Å²) in [4.78, 5) is 0. The maximum atomic E-state index is 9.11. The Balaban J connectivity index is 1.89. The van der Waals surface area contributed by atoms with Gasteiger partial charge in [-0.2, -0.15) is 0 Å². The second-order valence-corrected chi connectivity index (χ2v) is 4.36. The van der Waals surface area contributed by atoms with Gasteiger partial charge in [0.1, 0.15) is 0 Å². The third kappa shape index (κ3) is 3.05. The van der Waals surface area contributed by atoms with Crippen LogP contribution in [0.3, 0.4) is 0 Å². The van der Waals surface area contributed by atoms with Gasteiger partial charge in [-0.3, -0.25) is 0 Å². The summed E-state index contributed by atoms with van der Waals surface area (Å²) in [5, 5.41) is 12.6. The fraction of sp³-hybridized carbons (Fsp3) is 0.538. The van der Waals surface area contributed by atoms with Gasteiger partial charge in [-0.05, 0) is 24.8 Å². The molecule has 82 valence electrons. The van der Waals surface area contributed by atoms with Crippen LogP contribution in [0.5, 0.6) is 0 Å². The standard InChI is InChI=1S/C13H19NO/c15-10-13-8-4-7-12(14-13)9-11-5-2-1-3-6-11/h1-3,5-6,12-15H,4,7-10H2. The Labute approximate surface area is 91.3 Å². The van der Waals surface area contributed by atoms with E-state index in [2.05, 4.69) is 29.6 Å². The highest BCUT2D eigenvalue weighted by Crippen LogP contribution is 2.16. The van der Waals surface area contributed by atoms with Crippen LogP contribution in [0.1, 0.15) is 24.8 Å². The topological polar surface area (TPSA) is 32.3 Å². The number of aliphatic hydroxyl groups excluding tert-OH is 1. The zero-order valence-corrected chi connectivity index (χ0v) is 9.02.